The van der Waals surface area contributed by atoms with Crippen molar-refractivity contribution < 1.29 is 4.74 Å². The molecule has 2 heteroatoms. The van der Waals surface area contributed by atoms with Gasteiger partial charge in [0.2, 0.25) is 0 Å². The summed E-state index contributed by atoms with van der Waals surface area (Å²) >= 11 is 0. The minimum Gasteiger partial charge on any atom is -0.370 e. The quantitative estimate of drug-likeness (QED) is 0.219. The standard InChI is InChI=1S/C64H67NO/c1-3-14-43(15-4-1)54-24-13-25-59-60-41-47(32-39-61(60)66-64(54)59)42-28-33-49(34-29-42)65(51-37-38-53-48(40-51)27-26-44-16-7-8-19-52(44)53)50-35-30-46(31-36-50)63-58-23-12-10-21-56(58)55-20-9-11-22-57(55)62(63)45-17-5-2-6-18-45/h1,3-5,7-8,11,14,16-19,22,24,30-31,33,35,37-38,40-43,50,59-61,64H,2,6,9-10,12-13,15,20-21,23,25-29,32,34,36,39H2/t42-,43?,50?,59?,60?,61?,64?/m1/s1. The zero-order valence-electron chi connectivity index (χ0n) is 39.0. The average Bonchev–Trinajstić information content (AvgIpc) is 3.77. The number of allylic oxidation sites excluding steroid dienone is 15. The van der Waals surface area contributed by atoms with Crippen LogP contribution in [-0.2, 0) is 36.8 Å². The van der Waals surface area contributed by atoms with Gasteiger partial charge in [0.05, 0.1) is 18.2 Å². The second-order valence-corrected chi connectivity index (χ2v) is 21.3. The zero-order valence-corrected chi connectivity index (χ0v) is 39.0. The van der Waals surface area contributed by atoms with E-state index >= 15 is 0 Å². The summed E-state index contributed by atoms with van der Waals surface area (Å²) in [5, 5.41) is 0. The van der Waals surface area contributed by atoms with Crippen molar-refractivity contribution in [3.8, 4) is 11.1 Å². The molecule has 0 aromatic heterocycles. The fourth-order valence-corrected chi connectivity index (χ4v) is 14.6. The number of fused-ring (bicyclic) bond motifs is 9. The van der Waals surface area contributed by atoms with Crippen LogP contribution in [0, 0.1) is 23.7 Å². The van der Waals surface area contributed by atoms with Gasteiger partial charge in [0.25, 0.3) is 0 Å². The van der Waals surface area contributed by atoms with Gasteiger partial charge in [0.15, 0.2) is 0 Å². The Balaban J connectivity index is 0.821. The molecule has 6 unspecified atom stereocenters. The molecule has 1 saturated heterocycles. The highest BCUT2D eigenvalue weighted by Gasteiger charge is 2.48. The molecular weight excluding hydrogens is 799 g/mol. The maximum Gasteiger partial charge on any atom is 0.0829 e. The number of hydrogen-bond acceptors (Lipinski definition) is 2. The lowest BCUT2D eigenvalue weighted by molar-refractivity contribution is 0.0379. The lowest BCUT2D eigenvalue weighted by atomic mass is 9.70. The molecule has 7 atom stereocenters. The van der Waals surface area contributed by atoms with Crippen LogP contribution >= 0.6 is 0 Å². The smallest absolute Gasteiger partial charge is 0.0829 e. The Kier molecular flexibility index (Phi) is 10.9. The molecule has 1 heterocycles. The number of anilines is 1. The van der Waals surface area contributed by atoms with Gasteiger partial charge in [-0.15, -0.1) is 0 Å². The normalized spacial score (nSPS) is 29.2. The van der Waals surface area contributed by atoms with Gasteiger partial charge in [-0.05, 0) is 218 Å². The molecule has 3 aromatic rings. The summed E-state index contributed by atoms with van der Waals surface area (Å²) in [6, 6.07) is 16.9. The zero-order chi connectivity index (χ0) is 43.6. The number of nitrogens with zero attached hydrogens (tertiary/aromatic N) is 1. The highest BCUT2D eigenvalue weighted by atomic mass is 16.5. The van der Waals surface area contributed by atoms with Crippen LogP contribution in [0.15, 0.2) is 144 Å². The van der Waals surface area contributed by atoms with E-state index in [1.54, 1.807) is 33.4 Å². The summed E-state index contributed by atoms with van der Waals surface area (Å²) in [5.41, 5.74) is 24.5. The lowest BCUT2D eigenvalue weighted by Gasteiger charge is -2.39. The van der Waals surface area contributed by atoms with Gasteiger partial charge in [-0.25, -0.2) is 0 Å². The maximum atomic E-state index is 7.01. The minimum atomic E-state index is 0.279. The second-order valence-electron chi connectivity index (χ2n) is 21.3. The van der Waals surface area contributed by atoms with Gasteiger partial charge in [-0.2, -0.15) is 0 Å². The molecule has 1 fully saturated rings. The first-order valence-corrected chi connectivity index (χ1v) is 26.4. The SMILES string of the molecule is C1=CCC(C2=CCCC3C2OC2CCC([C@@H]4CC=C(N(c5ccc6c(c5)CCc5ccccc5-6)C5C=CC(c6c7c(c8c(c6C6=CCCC=C6)C=CCC8)CCCC7)=CC5)CC4)=CC23)C=C1. The Morgan fingerprint density at radius 2 is 1.48 bits per heavy atom. The van der Waals surface area contributed by atoms with Gasteiger partial charge in [-0.3, -0.25) is 0 Å². The molecule has 9 aliphatic carbocycles. The van der Waals surface area contributed by atoms with Crippen molar-refractivity contribution in [1.82, 2.24) is 0 Å². The maximum absolute atomic E-state index is 7.01. The van der Waals surface area contributed by atoms with Gasteiger partial charge in [0.1, 0.15) is 0 Å². The second kappa shape index (κ2) is 17.5. The summed E-state index contributed by atoms with van der Waals surface area (Å²) in [6.45, 7) is 0. The molecule has 0 saturated carbocycles. The third-order valence-electron chi connectivity index (χ3n) is 17.7. The van der Waals surface area contributed by atoms with Crippen molar-refractivity contribution in [2.75, 3.05) is 4.90 Å². The Hall–Kier alpha value is -5.18. The Bertz CT molecular complexity index is 2770. The molecule has 0 N–H and O–H groups in total. The molecule has 0 bridgehead atoms. The first-order chi connectivity index (χ1) is 32.7. The molecular formula is C64H67NO. The van der Waals surface area contributed by atoms with E-state index in [1.165, 1.54) is 127 Å². The summed E-state index contributed by atoms with van der Waals surface area (Å²) < 4.78 is 7.01. The van der Waals surface area contributed by atoms with Crippen LogP contribution in [0.25, 0.3) is 28.3 Å². The number of rotatable bonds is 7. The largest absolute Gasteiger partial charge is 0.370 e. The predicted molar refractivity (Wildman–Crippen MR) is 276 cm³/mol. The van der Waals surface area contributed by atoms with Crippen LogP contribution in [0.1, 0.15) is 134 Å². The van der Waals surface area contributed by atoms with Crippen molar-refractivity contribution in [3.63, 3.8) is 0 Å². The molecule has 13 rings (SSSR count). The molecule has 3 aromatic carbocycles. The monoisotopic (exact) mass is 866 g/mol. The van der Waals surface area contributed by atoms with Crippen molar-refractivity contribution in [1.29, 1.82) is 0 Å². The Labute approximate surface area is 394 Å². The summed E-state index contributed by atoms with van der Waals surface area (Å²) in [5.74, 6) is 2.37. The van der Waals surface area contributed by atoms with Crippen LogP contribution in [-0.4, -0.2) is 18.2 Å². The molecule has 0 radical (unpaired) electrons. The van der Waals surface area contributed by atoms with Crippen molar-refractivity contribution >= 4 is 22.9 Å². The van der Waals surface area contributed by atoms with Crippen LogP contribution < -0.4 is 4.90 Å². The fraction of sp³-hybridized carbons (Fsp3) is 0.406. The Morgan fingerprint density at radius 3 is 2.35 bits per heavy atom. The van der Waals surface area contributed by atoms with Gasteiger partial charge < -0.3 is 9.64 Å². The first-order valence-electron chi connectivity index (χ1n) is 26.4. The van der Waals surface area contributed by atoms with E-state index in [2.05, 4.69) is 139 Å². The molecule has 10 aliphatic rings. The third-order valence-corrected chi connectivity index (χ3v) is 17.7. The number of aryl methyl sites for hydroxylation is 2. The highest BCUT2D eigenvalue weighted by Crippen LogP contribution is 2.51. The molecule has 0 spiro atoms. The number of ether oxygens (including phenoxy) is 1. The van der Waals surface area contributed by atoms with Crippen molar-refractivity contribution in [2.24, 2.45) is 23.7 Å². The molecule has 0 amide bonds. The number of hydrogen-bond donors (Lipinski definition) is 0. The van der Waals surface area contributed by atoms with Crippen LogP contribution in [0.2, 0.25) is 0 Å². The van der Waals surface area contributed by atoms with E-state index < -0.39 is 0 Å². The van der Waals surface area contributed by atoms with E-state index in [4.69, 9.17) is 4.74 Å². The van der Waals surface area contributed by atoms with E-state index in [9.17, 15) is 0 Å². The summed E-state index contributed by atoms with van der Waals surface area (Å²) in [6.07, 6.45) is 60.4. The topological polar surface area (TPSA) is 12.5 Å². The van der Waals surface area contributed by atoms with Crippen LogP contribution in [0.3, 0.4) is 0 Å². The third kappa shape index (κ3) is 7.24. The fourth-order valence-electron chi connectivity index (χ4n) is 14.6. The highest BCUT2D eigenvalue weighted by molar-refractivity contribution is 5.94. The molecule has 66 heavy (non-hydrogen) atoms. The average molecular weight is 866 g/mol. The lowest BCUT2D eigenvalue weighted by Crippen LogP contribution is -2.35. The summed E-state index contributed by atoms with van der Waals surface area (Å²) in [7, 11) is 0. The van der Waals surface area contributed by atoms with E-state index in [-0.39, 0.29) is 6.04 Å². The minimum absolute atomic E-state index is 0.279. The van der Waals surface area contributed by atoms with Crippen LogP contribution in [0.5, 0.6) is 0 Å². The summed E-state index contributed by atoms with van der Waals surface area (Å²) in [4.78, 5) is 2.78. The van der Waals surface area contributed by atoms with Gasteiger partial charge in [0, 0.05) is 23.2 Å². The van der Waals surface area contributed by atoms with Crippen LogP contribution in [0.4, 0.5) is 5.69 Å². The van der Waals surface area contributed by atoms with E-state index in [1.807, 2.05) is 0 Å². The Morgan fingerprint density at radius 1 is 0.591 bits per heavy atom. The van der Waals surface area contributed by atoms with Gasteiger partial charge >= 0.3 is 0 Å². The predicted octanol–water partition coefficient (Wildman–Crippen LogP) is 15.5. The number of benzene rings is 3. The molecule has 334 valence electrons. The van der Waals surface area contributed by atoms with E-state index in [0.717, 1.165) is 51.4 Å². The first kappa shape index (κ1) is 41.0. The van der Waals surface area contributed by atoms with Crippen molar-refractivity contribution in [2.45, 2.75) is 140 Å². The van der Waals surface area contributed by atoms with Gasteiger partial charge in [-0.1, -0.05) is 127 Å². The molecule has 1 aliphatic heterocycles. The van der Waals surface area contributed by atoms with Crippen molar-refractivity contribution in [3.05, 3.63) is 189 Å². The van der Waals surface area contributed by atoms with E-state index in [0.29, 0.717) is 35.9 Å². The molecule has 2 nitrogen and oxygen atoms in total.